The maximum atomic E-state index is 5.29. The molecule has 0 aromatic heterocycles. The zero-order valence-electron chi connectivity index (χ0n) is 4.35. The van der Waals surface area contributed by atoms with Crippen LogP contribution in [-0.4, -0.2) is 11.4 Å². The van der Waals surface area contributed by atoms with Gasteiger partial charge in [0.1, 0.15) is 5.17 Å². The lowest BCUT2D eigenvalue weighted by atomic mass is 10.9. The monoisotopic (exact) mass is 118 g/mol. The molecule has 0 atom stereocenters. The van der Waals surface area contributed by atoms with Gasteiger partial charge in [0.15, 0.2) is 0 Å². The lowest BCUT2D eigenvalue weighted by Gasteiger charge is -1.74. The van der Waals surface area contributed by atoms with Gasteiger partial charge >= 0.3 is 0 Å². The Balaban J connectivity index is 3.46. The highest BCUT2D eigenvalue weighted by Crippen LogP contribution is 1.81. The van der Waals surface area contributed by atoms with Crippen molar-refractivity contribution < 1.29 is 0 Å². The number of hydrogen-bond donors (Lipinski definition) is 0. The summed E-state index contributed by atoms with van der Waals surface area (Å²) in [5, 5.41) is 7.45. The van der Waals surface area contributed by atoms with Crippen LogP contribution < -0.4 is 0 Å². The molecule has 0 aliphatic rings. The van der Waals surface area contributed by atoms with E-state index < -0.39 is 0 Å². The van der Waals surface area contributed by atoms with Crippen LogP contribution in [0.5, 0.6) is 0 Å². The SMILES string of the molecule is C/C=N/N=C(/C)Cl. The molecule has 0 saturated carbocycles. The molecule has 2 nitrogen and oxygen atoms in total. The van der Waals surface area contributed by atoms with Gasteiger partial charge < -0.3 is 0 Å². The van der Waals surface area contributed by atoms with E-state index in [0.29, 0.717) is 5.17 Å². The molecule has 40 valence electrons. The average molecular weight is 119 g/mol. The van der Waals surface area contributed by atoms with Gasteiger partial charge in [-0.1, -0.05) is 11.6 Å². The smallest absolute Gasteiger partial charge is 0.125 e. The highest BCUT2D eigenvalue weighted by atomic mass is 35.5. The predicted octanol–water partition coefficient (Wildman–Crippen LogP) is 1.65. The molecule has 3 heteroatoms. The fraction of sp³-hybridized carbons (Fsp3) is 0.500. The fourth-order valence-electron chi connectivity index (χ4n) is 0.137. The van der Waals surface area contributed by atoms with Gasteiger partial charge in [-0.2, -0.15) is 5.10 Å². The molecule has 0 bridgehead atoms. The second-order valence-corrected chi connectivity index (χ2v) is 1.52. The van der Waals surface area contributed by atoms with Crippen LogP contribution in [0.1, 0.15) is 13.8 Å². The van der Waals surface area contributed by atoms with Crippen molar-refractivity contribution in [2.75, 3.05) is 0 Å². The van der Waals surface area contributed by atoms with E-state index in [4.69, 9.17) is 11.6 Å². The van der Waals surface area contributed by atoms with Gasteiger partial charge in [0.2, 0.25) is 0 Å². The van der Waals surface area contributed by atoms with Crippen LogP contribution in [0.25, 0.3) is 0 Å². The van der Waals surface area contributed by atoms with Gasteiger partial charge in [0, 0.05) is 6.21 Å². The van der Waals surface area contributed by atoms with Crippen molar-refractivity contribution in [3.63, 3.8) is 0 Å². The molecule has 0 amide bonds. The zero-order valence-corrected chi connectivity index (χ0v) is 5.11. The van der Waals surface area contributed by atoms with Crippen molar-refractivity contribution in [3.8, 4) is 0 Å². The van der Waals surface area contributed by atoms with Crippen LogP contribution in [-0.2, 0) is 0 Å². The number of hydrogen-bond acceptors (Lipinski definition) is 2. The highest BCUT2D eigenvalue weighted by molar-refractivity contribution is 6.64. The normalized spacial score (nSPS) is 13.3. The van der Waals surface area contributed by atoms with Crippen LogP contribution in [0.2, 0.25) is 0 Å². The summed E-state index contributed by atoms with van der Waals surface area (Å²) in [6.45, 7) is 3.46. The molecule has 0 aliphatic heterocycles. The van der Waals surface area contributed by atoms with E-state index in [2.05, 4.69) is 10.2 Å². The molecule has 0 aromatic carbocycles. The molecule has 0 unspecified atom stereocenters. The third-order valence-electron chi connectivity index (χ3n) is 0.311. The van der Waals surface area contributed by atoms with Crippen molar-refractivity contribution >= 4 is 23.0 Å². The fourth-order valence-corrected chi connectivity index (χ4v) is 0.181. The van der Waals surface area contributed by atoms with E-state index in [1.54, 1.807) is 20.1 Å². The summed E-state index contributed by atoms with van der Waals surface area (Å²) in [6, 6.07) is 0. The first-order valence-corrected chi connectivity index (χ1v) is 2.33. The largest absolute Gasteiger partial charge is 0.163 e. The summed E-state index contributed by atoms with van der Waals surface area (Å²) in [6.07, 6.45) is 1.58. The Hall–Kier alpha value is -0.370. The summed E-state index contributed by atoms with van der Waals surface area (Å²) >= 11 is 5.29. The molecule has 0 N–H and O–H groups in total. The third kappa shape index (κ3) is 5.63. The van der Waals surface area contributed by atoms with Gasteiger partial charge in [0.25, 0.3) is 0 Å². The maximum absolute atomic E-state index is 5.29. The molecule has 0 aromatic rings. The van der Waals surface area contributed by atoms with Crippen LogP contribution in [0.3, 0.4) is 0 Å². The molecule has 0 radical (unpaired) electrons. The van der Waals surface area contributed by atoms with Gasteiger partial charge in [-0.3, -0.25) is 0 Å². The van der Waals surface area contributed by atoms with Gasteiger partial charge in [-0.05, 0) is 13.8 Å². The molecular formula is C4H7ClN2. The minimum atomic E-state index is 0.457. The van der Waals surface area contributed by atoms with E-state index >= 15 is 0 Å². The van der Waals surface area contributed by atoms with Crippen molar-refractivity contribution in [2.45, 2.75) is 13.8 Å². The molecule has 0 spiro atoms. The van der Waals surface area contributed by atoms with Crippen LogP contribution >= 0.6 is 11.6 Å². The predicted molar refractivity (Wildman–Crippen MR) is 33.1 cm³/mol. The van der Waals surface area contributed by atoms with Gasteiger partial charge in [-0.25, -0.2) is 0 Å². The molecule has 0 aliphatic carbocycles. The van der Waals surface area contributed by atoms with E-state index in [9.17, 15) is 0 Å². The van der Waals surface area contributed by atoms with E-state index in [-0.39, 0.29) is 0 Å². The number of nitrogens with zero attached hydrogens (tertiary/aromatic N) is 2. The van der Waals surface area contributed by atoms with Crippen LogP contribution in [0.15, 0.2) is 10.2 Å². The first kappa shape index (κ1) is 6.63. The van der Waals surface area contributed by atoms with Crippen LogP contribution in [0, 0.1) is 0 Å². The highest BCUT2D eigenvalue weighted by Gasteiger charge is 1.71. The van der Waals surface area contributed by atoms with Crippen molar-refractivity contribution in [1.82, 2.24) is 0 Å². The maximum Gasteiger partial charge on any atom is 0.125 e. The lowest BCUT2D eigenvalue weighted by molar-refractivity contribution is 1.25. The number of halogens is 1. The van der Waals surface area contributed by atoms with Crippen molar-refractivity contribution in [3.05, 3.63) is 0 Å². The molecule has 0 rings (SSSR count). The summed E-state index contributed by atoms with van der Waals surface area (Å²) in [7, 11) is 0. The quantitative estimate of drug-likeness (QED) is 0.370. The summed E-state index contributed by atoms with van der Waals surface area (Å²) in [5.74, 6) is 0. The Morgan fingerprint density at radius 1 is 1.71 bits per heavy atom. The second kappa shape index (κ2) is 3.81. The Kier molecular flexibility index (Phi) is 3.61. The van der Waals surface area contributed by atoms with Gasteiger partial charge in [0.05, 0.1) is 0 Å². The third-order valence-corrected chi connectivity index (χ3v) is 0.387. The standard InChI is InChI=1S/C4H7ClN2/c1-3-6-7-4(2)5/h3H,1-2H3/b6-3+,7-4-. The van der Waals surface area contributed by atoms with E-state index in [1.165, 1.54) is 0 Å². The van der Waals surface area contributed by atoms with E-state index in [0.717, 1.165) is 0 Å². The lowest BCUT2D eigenvalue weighted by Crippen LogP contribution is -1.69. The van der Waals surface area contributed by atoms with Crippen LogP contribution in [0.4, 0.5) is 0 Å². The summed E-state index contributed by atoms with van der Waals surface area (Å²) in [4.78, 5) is 0. The Labute approximate surface area is 47.9 Å². The molecule has 0 fully saturated rings. The Morgan fingerprint density at radius 2 is 2.29 bits per heavy atom. The molecular weight excluding hydrogens is 112 g/mol. The zero-order chi connectivity index (χ0) is 5.70. The van der Waals surface area contributed by atoms with Crippen molar-refractivity contribution in [2.24, 2.45) is 10.2 Å². The van der Waals surface area contributed by atoms with Gasteiger partial charge in [-0.15, -0.1) is 5.10 Å². The number of rotatable bonds is 1. The minimum absolute atomic E-state index is 0.457. The minimum Gasteiger partial charge on any atom is -0.163 e. The first-order valence-electron chi connectivity index (χ1n) is 1.95. The van der Waals surface area contributed by atoms with Crippen molar-refractivity contribution in [1.29, 1.82) is 0 Å². The summed E-state index contributed by atoms with van der Waals surface area (Å²) < 4.78 is 0. The molecule has 0 heterocycles. The topological polar surface area (TPSA) is 24.7 Å². The first-order chi connectivity index (χ1) is 3.27. The average Bonchev–Trinajstić information content (AvgIpc) is 1.61. The second-order valence-electron chi connectivity index (χ2n) is 0.971. The summed E-state index contributed by atoms with van der Waals surface area (Å²) in [5.41, 5.74) is 0. The Morgan fingerprint density at radius 3 is 2.43 bits per heavy atom. The Bertz CT molecular complexity index is 91.9. The van der Waals surface area contributed by atoms with E-state index in [1.807, 2.05) is 0 Å². The molecule has 0 saturated heterocycles. The molecule has 7 heavy (non-hydrogen) atoms.